The van der Waals surface area contributed by atoms with Gasteiger partial charge in [0.15, 0.2) is 0 Å². The third kappa shape index (κ3) is 6.30. The second-order valence-corrected chi connectivity index (χ2v) is 8.34. The van der Waals surface area contributed by atoms with Crippen molar-refractivity contribution in [2.45, 2.75) is 32.5 Å². The number of nitro groups is 1. The minimum atomic E-state index is -4.82. The number of rotatable bonds is 8. The molecule has 0 radical (unpaired) electrons. The third-order valence-corrected chi connectivity index (χ3v) is 5.60. The summed E-state index contributed by atoms with van der Waals surface area (Å²) >= 11 is 0. The van der Waals surface area contributed by atoms with Gasteiger partial charge in [-0.2, -0.15) is 13.2 Å². The number of anilines is 2. The number of ether oxygens (including phenoxy) is 1. The highest BCUT2D eigenvalue weighted by Gasteiger charge is 2.38. The zero-order chi connectivity index (χ0) is 21.8. The number of nitrogens with zero attached hydrogens (tertiary/aromatic N) is 2. The molecule has 9 nitrogen and oxygen atoms in total. The molecule has 0 saturated carbocycles. The molecule has 1 fully saturated rings. The zero-order valence-corrected chi connectivity index (χ0v) is 16.8. The van der Waals surface area contributed by atoms with Crippen LogP contribution < -0.4 is 10.2 Å². The fourth-order valence-electron chi connectivity index (χ4n) is 2.74. The molecule has 2 rings (SSSR count). The van der Waals surface area contributed by atoms with Crippen molar-refractivity contribution in [1.29, 1.82) is 0 Å². The molecule has 0 bridgehead atoms. The summed E-state index contributed by atoms with van der Waals surface area (Å²) in [5, 5.41) is 13.8. The average molecular weight is 441 g/mol. The van der Waals surface area contributed by atoms with E-state index in [1.54, 1.807) is 13.8 Å². The summed E-state index contributed by atoms with van der Waals surface area (Å²) in [6.45, 7) is 4.11. The van der Waals surface area contributed by atoms with Crippen LogP contribution in [0.3, 0.4) is 0 Å². The van der Waals surface area contributed by atoms with Crippen molar-refractivity contribution < 1.29 is 36.8 Å². The molecule has 1 saturated heterocycles. The SMILES string of the molecule is CCC(C)OP(=O)(O)CNc1cc(N2CCOCC2)c(C(F)(F)F)cc1[N+](=O)[O-]. The number of hydrogen-bond acceptors (Lipinski definition) is 7. The largest absolute Gasteiger partial charge is 0.418 e. The van der Waals surface area contributed by atoms with Gasteiger partial charge >= 0.3 is 13.8 Å². The molecule has 2 N–H and O–H groups in total. The highest BCUT2D eigenvalue weighted by Crippen LogP contribution is 2.46. The molecule has 13 heteroatoms. The van der Waals surface area contributed by atoms with E-state index in [1.165, 1.54) is 4.90 Å². The van der Waals surface area contributed by atoms with Gasteiger partial charge in [0.05, 0.1) is 35.5 Å². The van der Waals surface area contributed by atoms with E-state index in [2.05, 4.69) is 5.32 Å². The lowest BCUT2D eigenvalue weighted by atomic mass is 10.1. The maximum Gasteiger partial charge on any atom is 0.418 e. The van der Waals surface area contributed by atoms with Crippen LogP contribution in [0.2, 0.25) is 0 Å². The summed E-state index contributed by atoms with van der Waals surface area (Å²) in [6.07, 6.45) is -5.57. The van der Waals surface area contributed by atoms with Crippen LogP contribution in [0.1, 0.15) is 25.8 Å². The van der Waals surface area contributed by atoms with Crippen molar-refractivity contribution in [3.8, 4) is 0 Å². The smallest absolute Gasteiger partial charge is 0.378 e. The predicted molar refractivity (Wildman–Crippen MR) is 100 cm³/mol. The molecule has 2 atom stereocenters. The van der Waals surface area contributed by atoms with Crippen molar-refractivity contribution in [2.75, 3.05) is 42.8 Å². The fourth-order valence-corrected chi connectivity index (χ4v) is 3.90. The van der Waals surface area contributed by atoms with E-state index >= 15 is 0 Å². The second-order valence-electron chi connectivity index (χ2n) is 6.54. The Balaban J connectivity index is 2.42. The number of halogens is 3. The van der Waals surface area contributed by atoms with Gasteiger partial charge in [0.1, 0.15) is 12.0 Å². The first-order valence-electron chi connectivity index (χ1n) is 8.91. The molecule has 1 aliphatic rings. The molecule has 29 heavy (non-hydrogen) atoms. The van der Waals surface area contributed by atoms with Crippen molar-refractivity contribution in [1.82, 2.24) is 0 Å². The number of alkyl halides is 3. The van der Waals surface area contributed by atoms with Crippen LogP contribution in [0.5, 0.6) is 0 Å². The minimum Gasteiger partial charge on any atom is -0.378 e. The molecule has 164 valence electrons. The van der Waals surface area contributed by atoms with E-state index in [0.29, 0.717) is 12.5 Å². The maximum absolute atomic E-state index is 13.5. The average Bonchev–Trinajstić information content (AvgIpc) is 2.65. The number of benzene rings is 1. The number of nitrogens with one attached hydrogen (secondary N) is 1. The Morgan fingerprint density at radius 1 is 1.41 bits per heavy atom. The van der Waals surface area contributed by atoms with Crippen LogP contribution in [-0.2, 0) is 20.0 Å². The Bertz CT molecular complexity index is 786. The fraction of sp³-hybridized carbons (Fsp3) is 0.625. The maximum atomic E-state index is 13.5. The summed E-state index contributed by atoms with van der Waals surface area (Å²) < 4.78 is 62.9. The van der Waals surface area contributed by atoms with E-state index in [9.17, 15) is 32.7 Å². The first kappa shape index (κ1) is 23.4. The Kier molecular flexibility index (Phi) is 7.50. The van der Waals surface area contributed by atoms with Gasteiger partial charge in [0.25, 0.3) is 5.69 Å². The van der Waals surface area contributed by atoms with Gasteiger partial charge < -0.3 is 24.4 Å². The van der Waals surface area contributed by atoms with Crippen LogP contribution in [0, 0.1) is 10.1 Å². The normalized spacial score (nSPS) is 18.2. The molecular weight excluding hydrogens is 418 g/mol. The molecule has 1 aromatic carbocycles. The lowest BCUT2D eigenvalue weighted by Crippen LogP contribution is -2.37. The van der Waals surface area contributed by atoms with Crippen LogP contribution >= 0.6 is 7.60 Å². The van der Waals surface area contributed by atoms with Crippen LogP contribution in [0.25, 0.3) is 0 Å². The first-order chi connectivity index (χ1) is 13.4. The van der Waals surface area contributed by atoms with E-state index in [0.717, 1.165) is 6.07 Å². The lowest BCUT2D eigenvalue weighted by Gasteiger charge is -2.31. The highest BCUT2D eigenvalue weighted by molar-refractivity contribution is 7.52. The third-order valence-electron chi connectivity index (χ3n) is 4.36. The minimum absolute atomic E-state index is 0.177. The van der Waals surface area contributed by atoms with Gasteiger partial charge in [0, 0.05) is 19.2 Å². The van der Waals surface area contributed by atoms with Gasteiger partial charge in [0.2, 0.25) is 0 Å². The predicted octanol–water partition coefficient (Wildman–Crippen LogP) is 3.82. The van der Waals surface area contributed by atoms with Crippen molar-refractivity contribution in [3.05, 3.63) is 27.8 Å². The topological polar surface area (TPSA) is 114 Å². The zero-order valence-electron chi connectivity index (χ0n) is 15.9. The highest BCUT2D eigenvalue weighted by atomic mass is 31.2. The van der Waals surface area contributed by atoms with Gasteiger partial charge in [-0.15, -0.1) is 0 Å². The summed E-state index contributed by atoms with van der Waals surface area (Å²) in [4.78, 5) is 21.7. The van der Waals surface area contributed by atoms with Crippen molar-refractivity contribution in [3.63, 3.8) is 0 Å². The molecule has 0 spiro atoms. The molecule has 1 heterocycles. The Morgan fingerprint density at radius 3 is 2.55 bits per heavy atom. The number of hydrogen-bond donors (Lipinski definition) is 2. The molecule has 2 unspecified atom stereocenters. The molecule has 1 aromatic rings. The summed E-state index contributed by atoms with van der Waals surface area (Å²) in [6, 6.07) is 1.42. The van der Waals surface area contributed by atoms with E-state index in [4.69, 9.17) is 9.26 Å². The van der Waals surface area contributed by atoms with Gasteiger partial charge in [-0.05, 0) is 19.4 Å². The standard InChI is InChI=1S/C16H23F3N3O6P/c1-3-11(2)28-29(25,26)10-20-13-9-14(21-4-6-27-7-5-21)12(16(17,18)19)8-15(13)22(23)24/h8-9,11,20H,3-7,10H2,1-2H3,(H,25,26). The summed E-state index contributed by atoms with van der Waals surface area (Å²) in [5.74, 6) is 0. The summed E-state index contributed by atoms with van der Waals surface area (Å²) in [7, 11) is -4.16. The molecule has 0 aromatic heterocycles. The monoisotopic (exact) mass is 441 g/mol. The molecule has 0 aliphatic carbocycles. The van der Waals surface area contributed by atoms with Crippen LogP contribution in [0.15, 0.2) is 12.1 Å². The quantitative estimate of drug-likeness (QED) is 0.356. The van der Waals surface area contributed by atoms with E-state index in [-0.39, 0.29) is 37.7 Å². The summed E-state index contributed by atoms with van der Waals surface area (Å²) in [5.41, 5.74) is -2.56. The lowest BCUT2D eigenvalue weighted by molar-refractivity contribution is -0.384. The number of nitro benzene ring substituents is 1. The van der Waals surface area contributed by atoms with Gasteiger partial charge in [-0.1, -0.05) is 6.92 Å². The van der Waals surface area contributed by atoms with Crippen LogP contribution in [0.4, 0.5) is 30.2 Å². The molecule has 1 aliphatic heterocycles. The van der Waals surface area contributed by atoms with Crippen LogP contribution in [-0.4, -0.2) is 48.5 Å². The van der Waals surface area contributed by atoms with Gasteiger partial charge in [-0.3, -0.25) is 14.7 Å². The van der Waals surface area contributed by atoms with E-state index in [1.807, 2.05) is 0 Å². The van der Waals surface area contributed by atoms with Crippen molar-refractivity contribution >= 4 is 24.7 Å². The second kappa shape index (κ2) is 9.29. The van der Waals surface area contributed by atoms with Crippen molar-refractivity contribution in [2.24, 2.45) is 0 Å². The molecular formula is C16H23F3N3O6P. The van der Waals surface area contributed by atoms with E-state index < -0.39 is 42.3 Å². The van der Waals surface area contributed by atoms with Gasteiger partial charge in [-0.25, -0.2) is 0 Å². The number of morpholine rings is 1. The molecule has 0 amide bonds. The Hall–Kier alpha value is -1.88. The Labute approximate surface area is 165 Å². The first-order valence-corrected chi connectivity index (χ1v) is 10.7. The Morgan fingerprint density at radius 2 is 2.03 bits per heavy atom.